The third-order valence-corrected chi connectivity index (χ3v) is 1.41. The van der Waals surface area contributed by atoms with Crippen LogP contribution in [0.1, 0.15) is 6.92 Å². The second-order valence-electron chi connectivity index (χ2n) is 2.61. The van der Waals surface area contributed by atoms with Crippen LogP contribution in [0.25, 0.3) is 0 Å². The molecule has 12 heavy (non-hydrogen) atoms. The van der Waals surface area contributed by atoms with Gasteiger partial charge in [0.05, 0.1) is 0 Å². The van der Waals surface area contributed by atoms with Gasteiger partial charge in [-0.2, -0.15) is 0 Å². The highest BCUT2D eigenvalue weighted by Crippen LogP contribution is 1.93. The molecule has 0 aliphatic rings. The Bertz CT molecular complexity index is 159. The van der Waals surface area contributed by atoms with Crippen molar-refractivity contribution >= 4 is 22.9 Å². The maximum absolute atomic E-state index is 11.1. The van der Waals surface area contributed by atoms with Crippen molar-refractivity contribution in [3.05, 3.63) is 12.2 Å². The highest BCUT2D eigenvalue weighted by Gasteiger charge is 2.06. The van der Waals surface area contributed by atoms with Crippen LogP contribution in [0.4, 0.5) is 0 Å². The second-order valence-corrected chi connectivity index (χ2v) is 2.61. The second kappa shape index (κ2) is 7.31. The zero-order valence-corrected chi connectivity index (χ0v) is 9.60. The van der Waals surface area contributed by atoms with Crippen LogP contribution in [-0.2, 0) is 4.79 Å². The minimum Gasteiger partial charge on any atom is -0.341 e. The largest absolute Gasteiger partial charge is 0.341 e. The number of hydrogen-bond donors (Lipinski definition) is 1. The van der Waals surface area contributed by atoms with Crippen LogP contribution >= 0.6 is 17.0 Å². The Hall–Kier alpha value is -0.350. The van der Waals surface area contributed by atoms with Crippen molar-refractivity contribution in [2.75, 3.05) is 27.2 Å². The molecule has 1 amide bonds. The van der Waals surface area contributed by atoms with Crippen molar-refractivity contribution in [3.8, 4) is 0 Å². The molecule has 0 saturated heterocycles. The fraction of sp³-hybridized carbons (Fsp3) is 0.625. The van der Waals surface area contributed by atoms with E-state index in [0.29, 0.717) is 5.57 Å². The summed E-state index contributed by atoms with van der Waals surface area (Å²) in [5.41, 5.74) is 0.587. The van der Waals surface area contributed by atoms with E-state index in [2.05, 4.69) is 11.9 Å². The molecule has 0 bridgehead atoms. The lowest BCUT2D eigenvalue weighted by molar-refractivity contribution is -0.125. The predicted molar refractivity (Wildman–Crippen MR) is 56.7 cm³/mol. The Morgan fingerprint density at radius 1 is 1.58 bits per heavy atom. The van der Waals surface area contributed by atoms with Gasteiger partial charge in [-0.3, -0.25) is 4.79 Å². The van der Waals surface area contributed by atoms with Gasteiger partial charge in [0.2, 0.25) is 5.91 Å². The Morgan fingerprint density at radius 3 is 2.42 bits per heavy atom. The van der Waals surface area contributed by atoms with Gasteiger partial charge in [-0.15, -0.1) is 17.0 Å². The van der Waals surface area contributed by atoms with Crippen molar-refractivity contribution in [1.29, 1.82) is 0 Å². The quantitative estimate of drug-likeness (QED) is 0.734. The van der Waals surface area contributed by atoms with Crippen LogP contribution in [0.5, 0.6) is 0 Å². The molecule has 0 fully saturated rings. The molecule has 0 rings (SSSR count). The molecule has 1 N–H and O–H groups in total. The standard InChI is InChI=1S/C8H16N2O.BrH/c1-7(2)8(11)10(4)6-5-9-3;/h9H,1,5-6H2,2-4H3;1H. The maximum atomic E-state index is 11.1. The zero-order chi connectivity index (χ0) is 8.85. The molecule has 3 nitrogen and oxygen atoms in total. The van der Waals surface area contributed by atoms with Gasteiger partial charge in [0.25, 0.3) is 0 Å². The van der Waals surface area contributed by atoms with E-state index >= 15 is 0 Å². The number of halogens is 1. The minimum absolute atomic E-state index is 0. The van der Waals surface area contributed by atoms with Gasteiger partial charge in [-0.25, -0.2) is 0 Å². The topological polar surface area (TPSA) is 32.3 Å². The average molecular weight is 237 g/mol. The molecular formula is C8H17BrN2O. The van der Waals surface area contributed by atoms with E-state index in [9.17, 15) is 4.79 Å². The molecule has 0 aliphatic carbocycles. The summed E-state index contributed by atoms with van der Waals surface area (Å²) in [6.45, 7) is 6.83. The summed E-state index contributed by atoms with van der Waals surface area (Å²) in [7, 11) is 3.63. The average Bonchev–Trinajstić information content (AvgIpc) is 1.98. The molecular weight excluding hydrogens is 220 g/mol. The van der Waals surface area contributed by atoms with Gasteiger partial charge < -0.3 is 10.2 Å². The number of carbonyl (C=O) groups is 1. The number of nitrogens with one attached hydrogen (secondary N) is 1. The lowest BCUT2D eigenvalue weighted by atomic mass is 10.3. The molecule has 0 saturated carbocycles. The molecule has 0 atom stereocenters. The maximum Gasteiger partial charge on any atom is 0.248 e. The van der Waals surface area contributed by atoms with Crippen LogP contribution in [0, 0.1) is 0 Å². The summed E-state index contributed by atoms with van der Waals surface area (Å²) in [6.07, 6.45) is 0. The highest BCUT2D eigenvalue weighted by atomic mass is 79.9. The fourth-order valence-corrected chi connectivity index (χ4v) is 0.707. The third-order valence-electron chi connectivity index (χ3n) is 1.41. The number of hydrogen-bond acceptors (Lipinski definition) is 2. The van der Waals surface area contributed by atoms with Crippen molar-refractivity contribution in [2.24, 2.45) is 0 Å². The number of likely N-dealkylation sites (N-methyl/N-ethyl adjacent to an activating group) is 2. The van der Waals surface area contributed by atoms with E-state index < -0.39 is 0 Å². The molecule has 0 aromatic rings. The van der Waals surface area contributed by atoms with E-state index in [1.54, 1.807) is 18.9 Å². The summed E-state index contributed by atoms with van der Waals surface area (Å²) >= 11 is 0. The summed E-state index contributed by atoms with van der Waals surface area (Å²) in [5.74, 6) is 0.0141. The molecule has 0 aliphatic heterocycles. The van der Waals surface area contributed by atoms with Gasteiger partial charge in [0.15, 0.2) is 0 Å². The van der Waals surface area contributed by atoms with E-state index in [-0.39, 0.29) is 22.9 Å². The Balaban J connectivity index is 0. The first kappa shape index (κ1) is 14.2. The van der Waals surface area contributed by atoms with Gasteiger partial charge in [0, 0.05) is 25.7 Å². The molecule has 0 radical (unpaired) electrons. The molecule has 0 spiro atoms. The SMILES string of the molecule is Br.C=C(C)C(=O)N(C)CCNC. The van der Waals surface area contributed by atoms with E-state index in [1.165, 1.54) is 0 Å². The number of nitrogens with zero attached hydrogens (tertiary/aromatic N) is 1. The first-order chi connectivity index (χ1) is 5.09. The third kappa shape index (κ3) is 5.32. The van der Waals surface area contributed by atoms with Crippen molar-refractivity contribution in [1.82, 2.24) is 10.2 Å². The van der Waals surface area contributed by atoms with Crippen LogP contribution in [0.3, 0.4) is 0 Å². The summed E-state index contributed by atoms with van der Waals surface area (Å²) in [4.78, 5) is 12.8. The van der Waals surface area contributed by atoms with Crippen LogP contribution in [-0.4, -0.2) is 38.0 Å². The fourth-order valence-electron chi connectivity index (χ4n) is 0.707. The highest BCUT2D eigenvalue weighted by molar-refractivity contribution is 8.93. The van der Waals surface area contributed by atoms with E-state index in [1.807, 2.05) is 7.05 Å². The molecule has 72 valence electrons. The predicted octanol–water partition coefficient (Wildman–Crippen LogP) is 0.818. The lowest BCUT2D eigenvalue weighted by Crippen LogP contribution is -2.32. The number of amides is 1. The van der Waals surface area contributed by atoms with Gasteiger partial charge in [0.1, 0.15) is 0 Å². The Morgan fingerprint density at radius 2 is 2.08 bits per heavy atom. The Kier molecular flexibility index (Phi) is 8.64. The monoisotopic (exact) mass is 236 g/mol. The van der Waals surface area contributed by atoms with Crippen molar-refractivity contribution in [2.45, 2.75) is 6.92 Å². The zero-order valence-electron chi connectivity index (χ0n) is 7.89. The normalized spacial score (nSPS) is 8.58. The molecule has 0 unspecified atom stereocenters. The van der Waals surface area contributed by atoms with Gasteiger partial charge in [-0.1, -0.05) is 6.58 Å². The Labute approximate surface area is 84.6 Å². The van der Waals surface area contributed by atoms with Gasteiger partial charge in [-0.05, 0) is 14.0 Å². The van der Waals surface area contributed by atoms with Crippen molar-refractivity contribution in [3.63, 3.8) is 0 Å². The van der Waals surface area contributed by atoms with Crippen LogP contribution in [0.15, 0.2) is 12.2 Å². The van der Waals surface area contributed by atoms with Crippen LogP contribution < -0.4 is 5.32 Å². The molecule has 0 heterocycles. The summed E-state index contributed by atoms with van der Waals surface area (Å²) in [5, 5.41) is 2.97. The number of rotatable bonds is 4. The first-order valence-corrected chi connectivity index (χ1v) is 3.65. The molecule has 0 aromatic heterocycles. The minimum atomic E-state index is 0. The number of carbonyl (C=O) groups excluding carboxylic acids is 1. The lowest BCUT2D eigenvalue weighted by Gasteiger charge is -2.16. The van der Waals surface area contributed by atoms with Crippen LogP contribution in [0.2, 0.25) is 0 Å². The molecule has 0 aromatic carbocycles. The van der Waals surface area contributed by atoms with E-state index in [0.717, 1.165) is 13.1 Å². The van der Waals surface area contributed by atoms with Gasteiger partial charge >= 0.3 is 0 Å². The smallest absolute Gasteiger partial charge is 0.248 e. The van der Waals surface area contributed by atoms with Crippen molar-refractivity contribution < 1.29 is 4.79 Å². The molecule has 4 heteroatoms. The van der Waals surface area contributed by atoms with E-state index in [4.69, 9.17) is 0 Å². The summed E-state index contributed by atoms with van der Waals surface area (Å²) < 4.78 is 0. The summed E-state index contributed by atoms with van der Waals surface area (Å²) in [6, 6.07) is 0. The first-order valence-electron chi connectivity index (χ1n) is 3.65.